The zero-order valence-electron chi connectivity index (χ0n) is 12.2. The molecule has 4 atom stereocenters. The van der Waals surface area contributed by atoms with Crippen LogP contribution in [0.15, 0.2) is 0 Å². The van der Waals surface area contributed by atoms with Crippen LogP contribution in [0, 0.1) is 17.8 Å². The van der Waals surface area contributed by atoms with Crippen molar-refractivity contribution in [1.82, 2.24) is 0 Å². The van der Waals surface area contributed by atoms with E-state index in [1.54, 1.807) is 0 Å². The van der Waals surface area contributed by atoms with E-state index in [1.807, 2.05) is 0 Å². The summed E-state index contributed by atoms with van der Waals surface area (Å²) in [5.74, 6) is 1.42. The topological polar surface area (TPSA) is 43.1 Å². The number of rotatable bonds is 8. The van der Waals surface area contributed by atoms with Gasteiger partial charge in [-0.25, -0.2) is 0 Å². The van der Waals surface area contributed by atoms with Crippen molar-refractivity contribution in [1.29, 1.82) is 0 Å². The molecule has 0 unspecified atom stereocenters. The smallest absolute Gasteiger partial charge is 0.124 e. The number of unbranched alkanes of at least 4 members (excludes halogenated alkanes) is 4. The molecule has 0 aromatic heterocycles. The SMILES string of the molecule is CCCCCCC[C@@H]1C[C@H](CC)[C@H](N)[C@H](C=O)C1. The third-order valence-electron chi connectivity index (χ3n) is 4.70. The van der Waals surface area contributed by atoms with E-state index in [0.717, 1.165) is 25.0 Å². The Hall–Kier alpha value is -0.370. The molecule has 1 aliphatic rings. The van der Waals surface area contributed by atoms with Crippen molar-refractivity contribution in [2.45, 2.75) is 77.7 Å². The van der Waals surface area contributed by atoms with Gasteiger partial charge in [0, 0.05) is 12.0 Å². The van der Waals surface area contributed by atoms with E-state index in [2.05, 4.69) is 13.8 Å². The number of carbonyl (C=O) groups is 1. The van der Waals surface area contributed by atoms with Crippen molar-refractivity contribution in [3.63, 3.8) is 0 Å². The molecule has 18 heavy (non-hydrogen) atoms. The first-order valence-electron chi connectivity index (χ1n) is 7.93. The third-order valence-corrected chi connectivity index (χ3v) is 4.70. The Labute approximate surface area is 113 Å². The fourth-order valence-corrected chi connectivity index (χ4v) is 3.43. The molecule has 106 valence electrons. The molecule has 0 aromatic rings. The number of hydrogen-bond acceptors (Lipinski definition) is 2. The summed E-state index contributed by atoms with van der Waals surface area (Å²) in [7, 11) is 0. The minimum absolute atomic E-state index is 0.115. The molecule has 0 heterocycles. The van der Waals surface area contributed by atoms with Gasteiger partial charge in [0.15, 0.2) is 0 Å². The molecule has 0 radical (unpaired) electrons. The minimum Gasteiger partial charge on any atom is -0.327 e. The molecule has 0 bridgehead atoms. The van der Waals surface area contributed by atoms with Crippen molar-refractivity contribution in [2.75, 3.05) is 0 Å². The van der Waals surface area contributed by atoms with Crippen molar-refractivity contribution in [3.8, 4) is 0 Å². The van der Waals surface area contributed by atoms with Crippen LogP contribution in [0.4, 0.5) is 0 Å². The molecular weight excluding hydrogens is 222 g/mol. The molecule has 0 amide bonds. The fraction of sp³-hybridized carbons (Fsp3) is 0.938. The van der Waals surface area contributed by atoms with Crippen LogP contribution in [-0.2, 0) is 4.79 Å². The van der Waals surface area contributed by atoms with Crippen LogP contribution < -0.4 is 5.73 Å². The summed E-state index contributed by atoms with van der Waals surface area (Å²) in [6.07, 6.45) is 12.6. The summed E-state index contributed by atoms with van der Waals surface area (Å²) in [4.78, 5) is 11.1. The van der Waals surface area contributed by atoms with Gasteiger partial charge in [0.1, 0.15) is 6.29 Å². The van der Waals surface area contributed by atoms with E-state index >= 15 is 0 Å². The van der Waals surface area contributed by atoms with Crippen molar-refractivity contribution in [2.24, 2.45) is 23.5 Å². The number of carbonyl (C=O) groups excluding carboxylic acids is 1. The second kappa shape index (κ2) is 8.68. The van der Waals surface area contributed by atoms with Gasteiger partial charge in [0.05, 0.1) is 0 Å². The predicted octanol–water partition coefficient (Wildman–Crippen LogP) is 3.93. The standard InChI is InChI=1S/C16H31NO/c1-3-5-6-7-8-9-13-10-14(4-2)16(17)15(11-13)12-18/h12-16H,3-11,17H2,1-2H3/t13-,14+,15+,16+/m1/s1. The lowest BCUT2D eigenvalue weighted by atomic mass is 9.70. The molecule has 1 aliphatic carbocycles. The summed E-state index contributed by atoms with van der Waals surface area (Å²) >= 11 is 0. The Morgan fingerprint density at radius 2 is 1.83 bits per heavy atom. The van der Waals surface area contributed by atoms with Gasteiger partial charge in [-0.3, -0.25) is 0 Å². The molecular formula is C16H31NO. The summed E-state index contributed by atoms with van der Waals surface area (Å²) in [6, 6.07) is 0.115. The molecule has 0 spiro atoms. The first-order valence-corrected chi connectivity index (χ1v) is 7.93. The van der Waals surface area contributed by atoms with E-state index in [4.69, 9.17) is 5.73 Å². The van der Waals surface area contributed by atoms with Crippen LogP contribution in [0.5, 0.6) is 0 Å². The molecule has 0 aliphatic heterocycles. The van der Waals surface area contributed by atoms with E-state index in [1.165, 1.54) is 44.9 Å². The van der Waals surface area contributed by atoms with E-state index in [-0.39, 0.29) is 12.0 Å². The number of aldehydes is 1. The van der Waals surface area contributed by atoms with E-state index < -0.39 is 0 Å². The monoisotopic (exact) mass is 253 g/mol. The lowest BCUT2D eigenvalue weighted by molar-refractivity contribution is -0.113. The predicted molar refractivity (Wildman–Crippen MR) is 77.4 cm³/mol. The average Bonchev–Trinajstić information content (AvgIpc) is 2.40. The highest BCUT2D eigenvalue weighted by Crippen LogP contribution is 2.36. The normalized spacial score (nSPS) is 32.4. The van der Waals surface area contributed by atoms with E-state index in [0.29, 0.717) is 5.92 Å². The van der Waals surface area contributed by atoms with Gasteiger partial charge in [0.25, 0.3) is 0 Å². The lowest BCUT2D eigenvalue weighted by Crippen LogP contribution is -2.44. The fourth-order valence-electron chi connectivity index (χ4n) is 3.43. The Balaban J connectivity index is 2.30. The zero-order chi connectivity index (χ0) is 13.4. The minimum atomic E-state index is 0.115. The van der Waals surface area contributed by atoms with Gasteiger partial charge in [0.2, 0.25) is 0 Å². The summed E-state index contributed by atoms with van der Waals surface area (Å²) in [5.41, 5.74) is 6.17. The largest absolute Gasteiger partial charge is 0.327 e. The Morgan fingerprint density at radius 1 is 1.11 bits per heavy atom. The van der Waals surface area contributed by atoms with Gasteiger partial charge >= 0.3 is 0 Å². The maximum atomic E-state index is 11.1. The number of nitrogens with two attached hydrogens (primary N) is 1. The van der Waals surface area contributed by atoms with Gasteiger partial charge in [-0.15, -0.1) is 0 Å². The first-order chi connectivity index (χ1) is 8.72. The first kappa shape index (κ1) is 15.7. The van der Waals surface area contributed by atoms with Crippen LogP contribution in [0.3, 0.4) is 0 Å². The van der Waals surface area contributed by atoms with Crippen molar-refractivity contribution >= 4 is 6.29 Å². The second-order valence-corrected chi connectivity index (χ2v) is 6.09. The lowest BCUT2D eigenvalue weighted by Gasteiger charge is -2.37. The van der Waals surface area contributed by atoms with Gasteiger partial charge in [-0.05, 0) is 24.7 Å². The molecule has 1 fully saturated rings. The Kier molecular flexibility index (Phi) is 7.57. The summed E-state index contributed by atoms with van der Waals surface area (Å²) < 4.78 is 0. The van der Waals surface area contributed by atoms with Crippen LogP contribution in [0.25, 0.3) is 0 Å². The molecule has 2 nitrogen and oxygen atoms in total. The maximum Gasteiger partial charge on any atom is 0.124 e. The summed E-state index contributed by atoms with van der Waals surface area (Å²) in [5, 5.41) is 0. The third kappa shape index (κ3) is 4.72. The van der Waals surface area contributed by atoms with E-state index in [9.17, 15) is 4.79 Å². The Morgan fingerprint density at radius 3 is 2.44 bits per heavy atom. The van der Waals surface area contributed by atoms with Crippen LogP contribution in [0.2, 0.25) is 0 Å². The zero-order valence-corrected chi connectivity index (χ0v) is 12.2. The van der Waals surface area contributed by atoms with Crippen LogP contribution >= 0.6 is 0 Å². The molecule has 0 aromatic carbocycles. The quantitative estimate of drug-likeness (QED) is 0.526. The van der Waals surface area contributed by atoms with Crippen molar-refractivity contribution in [3.05, 3.63) is 0 Å². The molecule has 2 N–H and O–H groups in total. The van der Waals surface area contributed by atoms with Crippen LogP contribution in [-0.4, -0.2) is 12.3 Å². The van der Waals surface area contributed by atoms with Crippen molar-refractivity contribution < 1.29 is 4.79 Å². The second-order valence-electron chi connectivity index (χ2n) is 6.09. The van der Waals surface area contributed by atoms with Gasteiger partial charge < -0.3 is 10.5 Å². The highest BCUT2D eigenvalue weighted by molar-refractivity contribution is 5.55. The average molecular weight is 253 g/mol. The maximum absolute atomic E-state index is 11.1. The highest BCUT2D eigenvalue weighted by atomic mass is 16.1. The van der Waals surface area contributed by atoms with Gasteiger partial charge in [-0.1, -0.05) is 58.8 Å². The summed E-state index contributed by atoms with van der Waals surface area (Å²) in [6.45, 7) is 4.46. The Bertz CT molecular complexity index is 229. The molecule has 2 heteroatoms. The van der Waals surface area contributed by atoms with Crippen LogP contribution in [0.1, 0.15) is 71.6 Å². The molecule has 0 saturated heterocycles. The van der Waals surface area contributed by atoms with Gasteiger partial charge in [-0.2, -0.15) is 0 Å². The number of hydrogen-bond donors (Lipinski definition) is 1. The molecule has 1 rings (SSSR count). The molecule has 1 saturated carbocycles. The highest BCUT2D eigenvalue weighted by Gasteiger charge is 2.33.